The van der Waals surface area contributed by atoms with Crippen molar-refractivity contribution in [3.63, 3.8) is 0 Å². The first-order valence-electron chi connectivity index (χ1n) is 5.65. The van der Waals surface area contributed by atoms with E-state index < -0.39 is 0 Å². The van der Waals surface area contributed by atoms with Crippen molar-refractivity contribution in [2.75, 3.05) is 33.9 Å². The maximum absolute atomic E-state index is 11.8. The number of hydrogen-bond acceptors (Lipinski definition) is 3. The molecular formula is C11H22N2O2. The maximum atomic E-state index is 11.8. The molecule has 15 heavy (non-hydrogen) atoms. The second-order valence-corrected chi connectivity index (χ2v) is 4.28. The Hall–Kier alpha value is -0.610. The molecule has 0 aromatic rings. The van der Waals surface area contributed by atoms with Crippen molar-refractivity contribution in [2.24, 2.45) is 5.92 Å². The fourth-order valence-electron chi connectivity index (χ4n) is 1.86. The number of rotatable bonds is 4. The van der Waals surface area contributed by atoms with Gasteiger partial charge in [0.25, 0.3) is 0 Å². The van der Waals surface area contributed by atoms with Gasteiger partial charge >= 0.3 is 0 Å². The van der Waals surface area contributed by atoms with Gasteiger partial charge in [0, 0.05) is 26.8 Å². The zero-order valence-electron chi connectivity index (χ0n) is 9.95. The summed E-state index contributed by atoms with van der Waals surface area (Å²) in [6, 6.07) is -0.0881. The number of likely N-dealkylation sites (N-methyl/N-ethyl adjacent to an activating group) is 2. The summed E-state index contributed by atoms with van der Waals surface area (Å²) in [7, 11) is 3.69. The standard InChI is InChI=1S/C11H22N2O2/c1-9(12-2)11(14)13(3)8-10-4-6-15-7-5-10/h9-10,12H,4-8H2,1-3H3. The molecule has 0 spiro atoms. The van der Waals surface area contributed by atoms with Crippen LogP contribution < -0.4 is 5.32 Å². The van der Waals surface area contributed by atoms with Gasteiger partial charge in [-0.1, -0.05) is 0 Å². The molecule has 88 valence electrons. The van der Waals surface area contributed by atoms with E-state index in [4.69, 9.17) is 4.74 Å². The number of carbonyl (C=O) groups excluding carboxylic acids is 1. The number of nitrogens with zero attached hydrogens (tertiary/aromatic N) is 1. The van der Waals surface area contributed by atoms with E-state index >= 15 is 0 Å². The van der Waals surface area contributed by atoms with E-state index in [0.29, 0.717) is 5.92 Å². The summed E-state index contributed by atoms with van der Waals surface area (Å²) in [5.41, 5.74) is 0. The molecule has 0 saturated carbocycles. The van der Waals surface area contributed by atoms with E-state index in [1.807, 2.05) is 25.9 Å². The fraction of sp³-hybridized carbons (Fsp3) is 0.909. The Morgan fingerprint density at radius 1 is 1.53 bits per heavy atom. The Morgan fingerprint density at radius 2 is 2.13 bits per heavy atom. The van der Waals surface area contributed by atoms with Gasteiger partial charge in [-0.25, -0.2) is 0 Å². The highest BCUT2D eigenvalue weighted by atomic mass is 16.5. The van der Waals surface area contributed by atoms with Crippen molar-refractivity contribution in [2.45, 2.75) is 25.8 Å². The van der Waals surface area contributed by atoms with E-state index in [-0.39, 0.29) is 11.9 Å². The third-order valence-corrected chi connectivity index (χ3v) is 3.05. The van der Waals surface area contributed by atoms with Crippen molar-refractivity contribution < 1.29 is 9.53 Å². The van der Waals surface area contributed by atoms with Gasteiger partial charge in [0.2, 0.25) is 5.91 Å². The highest BCUT2D eigenvalue weighted by Gasteiger charge is 2.20. The number of carbonyl (C=O) groups is 1. The first kappa shape index (κ1) is 12.5. The lowest BCUT2D eigenvalue weighted by molar-refractivity contribution is -0.132. The van der Waals surface area contributed by atoms with Crippen molar-refractivity contribution >= 4 is 5.91 Å². The lowest BCUT2D eigenvalue weighted by Crippen LogP contribution is -2.44. The quantitative estimate of drug-likeness (QED) is 0.740. The third kappa shape index (κ3) is 3.80. The predicted octanol–water partition coefficient (Wildman–Crippen LogP) is 0.479. The van der Waals surface area contributed by atoms with Gasteiger partial charge in [0.05, 0.1) is 6.04 Å². The van der Waals surface area contributed by atoms with Gasteiger partial charge in [-0.2, -0.15) is 0 Å². The number of nitrogens with one attached hydrogen (secondary N) is 1. The molecule has 1 aliphatic heterocycles. The molecule has 1 N–H and O–H groups in total. The molecule has 4 nitrogen and oxygen atoms in total. The Kier molecular flexibility index (Phi) is 5.05. The molecule has 1 fully saturated rings. The van der Waals surface area contributed by atoms with E-state index in [9.17, 15) is 4.79 Å². The molecule has 1 unspecified atom stereocenters. The molecule has 0 aliphatic carbocycles. The molecule has 1 aliphatic rings. The van der Waals surface area contributed by atoms with Crippen molar-refractivity contribution in [1.82, 2.24) is 10.2 Å². The SMILES string of the molecule is CNC(C)C(=O)N(C)CC1CCOCC1. The Bertz CT molecular complexity index is 203. The molecule has 4 heteroatoms. The van der Waals surface area contributed by atoms with Crippen LogP contribution in [0.5, 0.6) is 0 Å². The second-order valence-electron chi connectivity index (χ2n) is 4.28. The van der Waals surface area contributed by atoms with Crippen molar-refractivity contribution in [3.8, 4) is 0 Å². The minimum Gasteiger partial charge on any atom is -0.381 e. The molecule has 1 atom stereocenters. The van der Waals surface area contributed by atoms with Gasteiger partial charge in [0.1, 0.15) is 0 Å². The molecule has 0 aromatic heterocycles. The zero-order valence-corrected chi connectivity index (χ0v) is 9.95. The highest BCUT2D eigenvalue weighted by molar-refractivity contribution is 5.81. The van der Waals surface area contributed by atoms with Crippen LogP contribution in [0.3, 0.4) is 0 Å². The van der Waals surface area contributed by atoms with Gasteiger partial charge < -0.3 is 15.0 Å². The van der Waals surface area contributed by atoms with E-state index in [0.717, 1.165) is 32.6 Å². The highest BCUT2D eigenvalue weighted by Crippen LogP contribution is 2.15. The second kappa shape index (κ2) is 6.08. The molecule has 1 heterocycles. The Balaban J connectivity index is 2.33. The van der Waals surface area contributed by atoms with Crippen LogP contribution in [-0.4, -0.2) is 50.7 Å². The first-order valence-corrected chi connectivity index (χ1v) is 5.65. The summed E-state index contributed by atoms with van der Waals surface area (Å²) in [5, 5.41) is 2.97. The summed E-state index contributed by atoms with van der Waals surface area (Å²) < 4.78 is 5.29. The lowest BCUT2D eigenvalue weighted by Gasteiger charge is -2.28. The number of amides is 1. The largest absolute Gasteiger partial charge is 0.381 e. The molecule has 1 amide bonds. The van der Waals surface area contributed by atoms with E-state index in [1.54, 1.807) is 0 Å². The smallest absolute Gasteiger partial charge is 0.239 e. The third-order valence-electron chi connectivity index (χ3n) is 3.05. The van der Waals surface area contributed by atoms with Crippen LogP contribution in [0, 0.1) is 5.92 Å². The van der Waals surface area contributed by atoms with Crippen molar-refractivity contribution in [1.29, 1.82) is 0 Å². The monoisotopic (exact) mass is 214 g/mol. The van der Waals surface area contributed by atoms with Gasteiger partial charge in [-0.05, 0) is 32.7 Å². The van der Waals surface area contributed by atoms with Crippen molar-refractivity contribution in [3.05, 3.63) is 0 Å². The molecule has 1 saturated heterocycles. The topological polar surface area (TPSA) is 41.6 Å². The minimum atomic E-state index is -0.0881. The van der Waals surface area contributed by atoms with Crippen LogP contribution in [0.15, 0.2) is 0 Å². The van der Waals surface area contributed by atoms with Crippen LogP contribution in [0.2, 0.25) is 0 Å². The van der Waals surface area contributed by atoms with Gasteiger partial charge in [0.15, 0.2) is 0 Å². The van der Waals surface area contributed by atoms with Crippen LogP contribution in [0.4, 0.5) is 0 Å². The van der Waals surface area contributed by atoms with Crippen LogP contribution in [0.1, 0.15) is 19.8 Å². The summed E-state index contributed by atoms with van der Waals surface area (Å²) >= 11 is 0. The van der Waals surface area contributed by atoms with Gasteiger partial charge in [-0.3, -0.25) is 4.79 Å². The average Bonchev–Trinajstić information content (AvgIpc) is 2.28. The molecule has 1 rings (SSSR count). The summed E-state index contributed by atoms with van der Waals surface area (Å²) in [6.45, 7) is 4.43. The van der Waals surface area contributed by atoms with Crippen LogP contribution >= 0.6 is 0 Å². The zero-order chi connectivity index (χ0) is 11.3. The summed E-state index contributed by atoms with van der Waals surface area (Å²) in [4.78, 5) is 13.6. The average molecular weight is 214 g/mol. The molecule has 0 bridgehead atoms. The van der Waals surface area contributed by atoms with Gasteiger partial charge in [-0.15, -0.1) is 0 Å². The Labute approximate surface area is 92.0 Å². The van der Waals surface area contributed by atoms with Crippen LogP contribution in [-0.2, 0) is 9.53 Å². The maximum Gasteiger partial charge on any atom is 0.239 e. The summed E-state index contributed by atoms with van der Waals surface area (Å²) in [6.07, 6.45) is 2.15. The van der Waals surface area contributed by atoms with Crippen LogP contribution in [0.25, 0.3) is 0 Å². The number of ether oxygens (including phenoxy) is 1. The minimum absolute atomic E-state index is 0.0881. The molecule has 0 radical (unpaired) electrons. The normalized spacial score (nSPS) is 19.9. The first-order chi connectivity index (χ1) is 7.15. The lowest BCUT2D eigenvalue weighted by atomic mass is 10.00. The van der Waals surface area contributed by atoms with E-state index in [2.05, 4.69) is 5.32 Å². The Morgan fingerprint density at radius 3 is 2.67 bits per heavy atom. The van der Waals surface area contributed by atoms with E-state index in [1.165, 1.54) is 0 Å². The number of hydrogen-bond donors (Lipinski definition) is 1. The predicted molar refractivity (Wildman–Crippen MR) is 59.7 cm³/mol. The summed E-state index contributed by atoms with van der Waals surface area (Å²) in [5.74, 6) is 0.778. The fourth-order valence-corrected chi connectivity index (χ4v) is 1.86. The molecular weight excluding hydrogens is 192 g/mol. The molecule has 0 aromatic carbocycles.